The molecule has 3 nitrogen and oxygen atoms in total. The highest BCUT2D eigenvalue weighted by Gasteiger charge is 2.31. The normalized spacial score (nSPS) is 26.7. The third kappa shape index (κ3) is 4.73. The van der Waals surface area contributed by atoms with Crippen LogP contribution in [0.4, 0.5) is 0 Å². The lowest BCUT2D eigenvalue weighted by molar-refractivity contribution is 0.180. The molecule has 0 bridgehead atoms. The molecule has 112 valence electrons. The van der Waals surface area contributed by atoms with Crippen molar-refractivity contribution in [1.82, 2.24) is 15.1 Å². The number of nitrogens with zero attached hydrogens (tertiary/aromatic N) is 2. The summed E-state index contributed by atoms with van der Waals surface area (Å²) < 4.78 is 0. The zero-order valence-electron chi connectivity index (χ0n) is 13.4. The lowest BCUT2D eigenvalue weighted by Crippen LogP contribution is -2.43. The van der Waals surface area contributed by atoms with Crippen LogP contribution in [0.25, 0.3) is 0 Å². The molecule has 0 amide bonds. The van der Waals surface area contributed by atoms with Gasteiger partial charge in [0.25, 0.3) is 0 Å². The van der Waals surface area contributed by atoms with Gasteiger partial charge in [-0.3, -0.25) is 4.90 Å². The highest BCUT2D eigenvalue weighted by molar-refractivity contribution is 4.88. The van der Waals surface area contributed by atoms with Gasteiger partial charge in [-0.15, -0.1) is 0 Å². The van der Waals surface area contributed by atoms with E-state index in [9.17, 15) is 0 Å². The summed E-state index contributed by atoms with van der Waals surface area (Å²) in [7, 11) is 0. The summed E-state index contributed by atoms with van der Waals surface area (Å²) in [5, 5.41) is 3.59. The molecular weight excluding hydrogens is 234 g/mol. The lowest BCUT2D eigenvalue weighted by Gasteiger charge is -2.32. The molecule has 0 aliphatic carbocycles. The first-order chi connectivity index (χ1) is 8.96. The average molecular weight is 267 g/mol. The maximum absolute atomic E-state index is 3.59. The SMILES string of the molecule is CC(C)NCC(C)(C)CN1CCC(N2CCCC2)C1. The van der Waals surface area contributed by atoms with Crippen LogP contribution in [0.2, 0.25) is 0 Å². The molecule has 2 fully saturated rings. The van der Waals surface area contributed by atoms with Crippen molar-refractivity contribution in [3.63, 3.8) is 0 Å². The zero-order valence-corrected chi connectivity index (χ0v) is 13.4. The fraction of sp³-hybridized carbons (Fsp3) is 1.00. The Bertz CT molecular complexity index is 269. The number of rotatable bonds is 6. The average Bonchev–Trinajstić information content (AvgIpc) is 2.95. The second-order valence-corrected chi connectivity index (χ2v) is 7.62. The van der Waals surface area contributed by atoms with Crippen LogP contribution in [-0.2, 0) is 0 Å². The summed E-state index contributed by atoms with van der Waals surface area (Å²) in [4.78, 5) is 5.41. The smallest absolute Gasteiger partial charge is 0.0235 e. The van der Waals surface area contributed by atoms with Crippen molar-refractivity contribution in [2.24, 2.45) is 5.41 Å². The summed E-state index contributed by atoms with van der Waals surface area (Å²) in [5.74, 6) is 0. The summed E-state index contributed by atoms with van der Waals surface area (Å²) >= 11 is 0. The van der Waals surface area contributed by atoms with E-state index in [0.29, 0.717) is 11.5 Å². The largest absolute Gasteiger partial charge is 0.314 e. The lowest BCUT2D eigenvalue weighted by atomic mass is 9.92. The Hall–Kier alpha value is -0.120. The van der Waals surface area contributed by atoms with E-state index in [4.69, 9.17) is 0 Å². The minimum atomic E-state index is 0.379. The van der Waals surface area contributed by atoms with Crippen LogP contribution in [0.15, 0.2) is 0 Å². The Morgan fingerprint density at radius 1 is 1.16 bits per heavy atom. The molecule has 3 heteroatoms. The Morgan fingerprint density at radius 3 is 2.47 bits per heavy atom. The Kier molecular flexibility index (Phi) is 5.27. The topological polar surface area (TPSA) is 18.5 Å². The summed E-state index contributed by atoms with van der Waals surface area (Å²) in [6, 6.07) is 1.44. The van der Waals surface area contributed by atoms with E-state index < -0.39 is 0 Å². The molecular formula is C16H33N3. The molecule has 2 aliphatic rings. The second kappa shape index (κ2) is 6.55. The van der Waals surface area contributed by atoms with Gasteiger partial charge in [0.15, 0.2) is 0 Å². The fourth-order valence-corrected chi connectivity index (χ4v) is 3.50. The van der Waals surface area contributed by atoms with Crippen LogP contribution < -0.4 is 5.32 Å². The van der Waals surface area contributed by atoms with E-state index in [0.717, 1.165) is 12.6 Å². The summed E-state index contributed by atoms with van der Waals surface area (Å²) in [6.07, 6.45) is 4.22. The highest BCUT2D eigenvalue weighted by atomic mass is 15.3. The van der Waals surface area contributed by atoms with Gasteiger partial charge < -0.3 is 10.2 Å². The number of likely N-dealkylation sites (tertiary alicyclic amines) is 2. The molecule has 0 radical (unpaired) electrons. The van der Waals surface area contributed by atoms with Crippen molar-refractivity contribution in [3.8, 4) is 0 Å². The maximum Gasteiger partial charge on any atom is 0.0235 e. The molecule has 0 aromatic carbocycles. The minimum absolute atomic E-state index is 0.379. The van der Waals surface area contributed by atoms with Crippen LogP contribution in [0, 0.1) is 5.41 Å². The first kappa shape index (κ1) is 15.3. The fourth-order valence-electron chi connectivity index (χ4n) is 3.50. The zero-order chi connectivity index (χ0) is 13.9. The quantitative estimate of drug-likeness (QED) is 0.796. The van der Waals surface area contributed by atoms with E-state index >= 15 is 0 Å². The molecule has 2 rings (SSSR count). The third-order valence-corrected chi connectivity index (χ3v) is 4.55. The van der Waals surface area contributed by atoms with Gasteiger partial charge in [-0.2, -0.15) is 0 Å². The predicted molar refractivity (Wildman–Crippen MR) is 82.6 cm³/mol. The van der Waals surface area contributed by atoms with Gasteiger partial charge in [-0.05, 0) is 44.3 Å². The molecule has 2 aliphatic heterocycles. The van der Waals surface area contributed by atoms with Gasteiger partial charge in [0.1, 0.15) is 0 Å². The number of hydrogen-bond donors (Lipinski definition) is 1. The first-order valence-corrected chi connectivity index (χ1v) is 8.16. The van der Waals surface area contributed by atoms with Gasteiger partial charge in [-0.1, -0.05) is 27.7 Å². The molecule has 0 saturated carbocycles. The van der Waals surface area contributed by atoms with E-state index in [1.54, 1.807) is 0 Å². The molecule has 19 heavy (non-hydrogen) atoms. The Labute approximate surface area is 119 Å². The monoisotopic (exact) mass is 267 g/mol. The summed E-state index contributed by atoms with van der Waals surface area (Å²) in [5.41, 5.74) is 0.379. The van der Waals surface area contributed by atoms with Gasteiger partial charge in [0.2, 0.25) is 0 Å². The third-order valence-electron chi connectivity index (χ3n) is 4.55. The van der Waals surface area contributed by atoms with Gasteiger partial charge >= 0.3 is 0 Å². The van der Waals surface area contributed by atoms with Crippen molar-refractivity contribution in [2.75, 3.05) is 39.3 Å². The Balaban J connectivity index is 1.74. The summed E-state index contributed by atoms with van der Waals surface area (Å²) in [6.45, 7) is 16.9. The van der Waals surface area contributed by atoms with Gasteiger partial charge in [0.05, 0.1) is 0 Å². The van der Waals surface area contributed by atoms with Crippen molar-refractivity contribution >= 4 is 0 Å². The van der Waals surface area contributed by atoms with Crippen LogP contribution in [0.5, 0.6) is 0 Å². The molecule has 0 aromatic rings. The molecule has 1 N–H and O–H groups in total. The van der Waals surface area contributed by atoms with Crippen molar-refractivity contribution in [1.29, 1.82) is 0 Å². The van der Waals surface area contributed by atoms with Gasteiger partial charge in [-0.25, -0.2) is 0 Å². The van der Waals surface area contributed by atoms with E-state index in [2.05, 4.69) is 42.8 Å². The standard InChI is InChI=1S/C16H33N3/c1-14(2)17-12-16(3,4)13-18-10-7-15(11-18)19-8-5-6-9-19/h14-15,17H,5-13H2,1-4H3. The number of nitrogens with one attached hydrogen (secondary N) is 1. The van der Waals surface area contributed by atoms with Crippen LogP contribution >= 0.6 is 0 Å². The van der Waals surface area contributed by atoms with Crippen LogP contribution in [0.1, 0.15) is 47.0 Å². The van der Waals surface area contributed by atoms with Crippen LogP contribution in [0.3, 0.4) is 0 Å². The van der Waals surface area contributed by atoms with E-state index in [-0.39, 0.29) is 0 Å². The molecule has 0 aromatic heterocycles. The number of hydrogen-bond acceptors (Lipinski definition) is 3. The second-order valence-electron chi connectivity index (χ2n) is 7.62. The van der Waals surface area contributed by atoms with Crippen molar-refractivity contribution in [3.05, 3.63) is 0 Å². The molecule has 2 saturated heterocycles. The highest BCUT2D eigenvalue weighted by Crippen LogP contribution is 2.24. The maximum atomic E-state index is 3.59. The van der Waals surface area contributed by atoms with E-state index in [1.165, 1.54) is 52.0 Å². The molecule has 1 unspecified atom stereocenters. The van der Waals surface area contributed by atoms with Crippen molar-refractivity contribution in [2.45, 2.75) is 59.0 Å². The first-order valence-electron chi connectivity index (χ1n) is 8.16. The van der Waals surface area contributed by atoms with Crippen LogP contribution in [-0.4, -0.2) is 61.2 Å². The van der Waals surface area contributed by atoms with Crippen molar-refractivity contribution < 1.29 is 0 Å². The van der Waals surface area contributed by atoms with Gasteiger partial charge in [0, 0.05) is 31.7 Å². The molecule has 2 heterocycles. The predicted octanol–water partition coefficient (Wildman–Crippen LogP) is 2.18. The molecule has 1 atom stereocenters. The minimum Gasteiger partial charge on any atom is -0.314 e. The molecule has 0 spiro atoms. The van der Waals surface area contributed by atoms with E-state index in [1.807, 2.05) is 0 Å². The Morgan fingerprint density at radius 2 is 1.84 bits per heavy atom.